The molecule has 0 saturated carbocycles. The molecule has 0 saturated heterocycles. The Kier molecular flexibility index (Phi) is 22.2. The molecular formula is H10AlBeNO4S. The summed E-state index contributed by atoms with van der Waals surface area (Å²) >= 11 is 0. The predicted octanol–water partition coefficient (Wildman–Crippen LogP) is -1.83. The van der Waals surface area contributed by atoms with Gasteiger partial charge in [-0.2, -0.15) is 8.42 Å². The molecular weight excluding hydrogens is 146 g/mol. The second-order valence-electron chi connectivity index (χ2n) is 0.448. The van der Waals surface area contributed by atoms with Gasteiger partial charge in [-0.25, -0.2) is 0 Å². The molecule has 0 spiro atoms. The largest absolute Gasteiger partial charge is 2.00 e. The van der Waals surface area contributed by atoms with Gasteiger partial charge in [0.25, 0.3) is 0 Å². The van der Waals surface area contributed by atoms with Gasteiger partial charge in [-0.15, -0.1) is 0 Å². The van der Waals surface area contributed by atoms with Crippen molar-refractivity contribution in [1.29, 1.82) is 0 Å². The Morgan fingerprint density at radius 3 is 1.25 bits per heavy atom. The summed E-state index contributed by atoms with van der Waals surface area (Å²) in [5.41, 5.74) is 0. The van der Waals surface area contributed by atoms with Crippen LogP contribution in [0.5, 0.6) is 0 Å². The Morgan fingerprint density at radius 2 is 1.25 bits per heavy atom. The Morgan fingerprint density at radius 1 is 1.25 bits per heavy atom. The van der Waals surface area contributed by atoms with Crippen molar-refractivity contribution in [2.75, 3.05) is 0 Å². The monoisotopic (exact) mass is 156 g/mol. The molecule has 0 aliphatic carbocycles. The van der Waals surface area contributed by atoms with Crippen molar-refractivity contribution in [2.24, 2.45) is 0 Å². The van der Waals surface area contributed by atoms with Crippen LogP contribution in [0.15, 0.2) is 0 Å². The van der Waals surface area contributed by atoms with Crippen molar-refractivity contribution >= 4 is 37.9 Å². The Hall–Kier alpha value is 0.531. The molecule has 0 atom stereocenters. The molecule has 0 radical (unpaired) electrons. The zero-order valence-electron chi connectivity index (χ0n) is 5.53. The Bertz CT molecular complexity index is 106. The summed E-state index contributed by atoms with van der Waals surface area (Å²) in [5.74, 6) is 0. The van der Waals surface area contributed by atoms with Crippen molar-refractivity contribution in [2.45, 2.75) is 0 Å². The average molecular weight is 156 g/mol. The minimum Gasteiger partial charge on any atom is -1.00 e. The molecule has 50 valence electrons. The fourth-order valence-corrected chi connectivity index (χ4v) is 0. The summed E-state index contributed by atoms with van der Waals surface area (Å²) in [6.45, 7) is 0. The van der Waals surface area contributed by atoms with Crippen molar-refractivity contribution < 1.29 is 20.4 Å². The van der Waals surface area contributed by atoms with Crippen LogP contribution in [0.1, 0.15) is 2.85 Å². The zero-order valence-corrected chi connectivity index (χ0v) is 4.35. The van der Waals surface area contributed by atoms with Gasteiger partial charge in [0.1, 0.15) is 0 Å². The van der Waals surface area contributed by atoms with Gasteiger partial charge >= 0.3 is 20.5 Å². The van der Waals surface area contributed by atoms with Crippen LogP contribution in [0.4, 0.5) is 0 Å². The van der Waals surface area contributed by atoms with Gasteiger partial charge in [-0.1, -0.05) is 0 Å². The van der Waals surface area contributed by atoms with E-state index in [1.807, 2.05) is 0 Å². The topological polar surface area (TPSA) is 110 Å². The molecule has 8 heavy (non-hydrogen) atoms. The van der Waals surface area contributed by atoms with E-state index in [4.69, 9.17) is 17.5 Å². The fourth-order valence-electron chi connectivity index (χ4n) is 0. The molecule has 0 rings (SSSR count). The van der Waals surface area contributed by atoms with Gasteiger partial charge in [-0.05, 0) is 0 Å². The summed E-state index contributed by atoms with van der Waals surface area (Å²) in [5, 5.41) is 0. The molecule has 0 aromatic carbocycles. The third kappa shape index (κ3) is 708. The molecule has 0 unspecified atom stereocenters. The first-order valence-electron chi connectivity index (χ1n) is 0.698. The predicted molar refractivity (Wildman–Crippen MR) is 37.1 cm³/mol. The van der Waals surface area contributed by atoms with Crippen LogP contribution in [0.25, 0.3) is 0 Å². The summed E-state index contributed by atoms with van der Waals surface area (Å²) in [6, 6.07) is 0. The van der Waals surface area contributed by atoms with Crippen LogP contribution in [0.3, 0.4) is 0 Å². The van der Waals surface area contributed by atoms with Gasteiger partial charge < -0.3 is 9.00 Å². The number of rotatable bonds is 0. The summed E-state index contributed by atoms with van der Waals surface area (Å²) in [6.07, 6.45) is 0. The van der Waals surface area contributed by atoms with E-state index < -0.39 is 10.4 Å². The Labute approximate surface area is 64.9 Å². The molecule has 0 bridgehead atoms. The summed E-state index contributed by atoms with van der Waals surface area (Å²) in [4.78, 5) is 0. The molecule has 5 nitrogen and oxygen atoms in total. The minimum atomic E-state index is -4.67. The van der Waals surface area contributed by atoms with Gasteiger partial charge in [0, 0.05) is 0 Å². The van der Waals surface area contributed by atoms with Crippen LogP contribution in [-0.2, 0) is 10.4 Å². The van der Waals surface area contributed by atoms with E-state index >= 15 is 0 Å². The summed E-state index contributed by atoms with van der Waals surface area (Å²) in [7, 11) is -4.67. The van der Waals surface area contributed by atoms with Crippen molar-refractivity contribution in [3.63, 3.8) is 0 Å². The standard InChI is InChI=1S/Al.Be.H3N.H2O4S.5H/c;;;1-5(2,3)4;;;;;/h;;1H3;(H2,1,2,3,4);;;;;/q;+2;;;;;;2*-1. The zero-order chi connectivity index (χ0) is 4.50. The molecule has 0 aromatic rings. The first-order chi connectivity index (χ1) is 2.00. The SMILES string of the molecule is N.O=S(=O)(O)O.[AlH3].[Be+2].[H-].[H-]. The Balaban J connectivity index is -0.00000000800. The minimum absolute atomic E-state index is 0. The van der Waals surface area contributed by atoms with Crippen LogP contribution >= 0.6 is 0 Å². The quantitative estimate of drug-likeness (QED) is 0.282. The first-order valence-corrected chi connectivity index (χ1v) is 2.10. The molecule has 0 fully saturated rings. The average Bonchev–Trinajstić information content (AvgIpc) is 0.722. The maximum absolute atomic E-state index is 8.74. The van der Waals surface area contributed by atoms with E-state index in [2.05, 4.69) is 0 Å². The molecule has 0 amide bonds. The number of hydrogen-bond acceptors (Lipinski definition) is 3. The molecule has 0 aromatic heterocycles. The second-order valence-corrected chi connectivity index (χ2v) is 1.34. The normalized spacial score (nSPS) is 7.25. The maximum Gasteiger partial charge on any atom is 2.00 e. The third-order valence-electron chi connectivity index (χ3n) is 0. The van der Waals surface area contributed by atoms with Crippen LogP contribution in [0.2, 0.25) is 0 Å². The van der Waals surface area contributed by atoms with Crippen LogP contribution < -0.4 is 6.15 Å². The van der Waals surface area contributed by atoms with E-state index in [0.717, 1.165) is 0 Å². The van der Waals surface area contributed by atoms with E-state index in [-0.39, 0.29) is 36.5 Å². The maximum atomic E-state index is 8.74. The molecule has 0 aliphatic heterocycles. The van der Waals surface area contributed by atoms with E-state index in [1.54, 1.807) is 0 Å². The van der Waals surface area contributed by atoms with Gasteiger partial charge in [0.15, 0.2) is 17.4 Å². The van der Waals surface area contributed by atoms with Crippen LogP contribution in [-0.4, -0.2) is 45.0 Å². The van der Waals surface area contributed by atoms with Crippen molar-refractivity contribution in [3.05, 3.63) is 0 Å². The fraction of sp³-hybridized carbons (Fsp3) is 0. The summed E-state index contributed by atoms with van der Waals surface area (Å²) < 4.78 is 31.6. The van der Waals surface area contributed by atoms with Crippen molar-refractivity contribution in [3.8, 4) is 0 Å². The second kappa shape index (κ2) is 7.53. The molecule has 8 heteroatoms. The first kappa shape index (κ1) is 23.6. The third-order valence-corrected chi connectivity index (χ3v) is 0. The van der Waals surface area contributed by atoms with Gasteiger partial charge in [0.05, 0.1) is 0 Å². The number of hydrogen-bond donors (Lipinski definition) is 3. The van der Waals surface area contributed by atoms with E-state index in [0.29, 0.717) is 0 Å². The van der Waals surface area contributed by atoms with Gasteiger partial charge in [0.2, 0.25) is 0 Å². The van der Waals surface area contributed by atoms with Crippen molar-refractivity contribution in [1.82, 2.24) is 6.15 Å². The van der Waals surface area contributed by atoms with Crippen LogP contribution in [0, 0.1) is 0 Å². The smallest absolute Gasteiger partial charge is 1.00 e. The van der Waals surface area contributed by atoms with E-state index in [9.17, 15) is 0 Å². The molecule has 0 heterocycles. The van der Waals surface area contributed by atoms with Gasteiger partial charge in [-0.3, -0.25) is 9.11 Å². The van der Waals surface area contributed by atoms with E-state index in [1.165, 1.54) is 0 Å². The molecule has 0 aliphatic rings. The molecule has 5 N–H and O–H groups in total.